The molecular weight excluding hydrogens is 284 g/mol. The smallest absolute Gasteiger partial charge is 0.229 e. The van der Waals surface area contributed by atoms with E-state index >= 15 is 0 Å². The monoisotopic (exact) mass is 308 g/mol. The van der Waals surface area contributed by atoms with Crippen LogP contribution < -0.4 is 10.6 Å². The van der Waals surface area contributed by atoms with Gasteiger partial charge in [0, 0.05) is 31.0 Å². The number of carbonyl (C=O) groups excluding carboxylic acids is 2. The number of anilines is 2. The molecule has 0 atom stereocenters. The van der Waals surface area contributed by atoms with Crippen molar-refractivity contribution in [2.75, 3.05) is 23.8 Å². The van der Waals surface area contributed by atoms with Gasteiger partial charge in [0.15, 0.2) is 6.29 Å². The predicted molar refractivity (Wildman–Crippen MR) is 85.6 cm³/mol. The highest BCUT2D eigenvalue weighted by molar-refractivity contribution is 5.94. The molecule has 6 heteroatoms. The van der Waals surface area contributed by atoms with E-state index < -0.39 is 6.29 Å². The molecule has 0 bridgehead atoms. The molecule has 0 aliphatic carbocycles. The Bertz CT molecular complexity index is 485. The molecule has 0 unspecified atom stereocenters. The van der Waals surface area contributed by atoms with Crippen LogP contribution in [0.2, 0.25) is 0 Å². The summed E-state index contributed by atoms with van der Waals surface area (Å²) >= 11 is 0. The zero-order chi connectivity index (χ0) is 16.4. The number of rotatable bonds is 9. The van der Waals surface area contributed by atoms with Crippen molar-refractivity contribution < 1.29 is 19.1 Å². The Balaban J connectivity index is 2.59. The van der Waals surface area contributed by atoms with Crippen LogP contribution in [0, 0.1) is 0 Å². The van der Waals surface area contributed by atoms with Crippen molar-refractivity contribution in [1.29, 1.82) is 0 Å². The van der Waals surface area contributed by atoms with E-state index in [4.69, 9.17) is 9.47 Å². The highest BCUT2D eigenvalue weighted by atomic mass is 16.7. The summed E-state index contributed by atoms with van der Waals surface area (Å²) in [5, 5.41) is 5.52. The zero-order valence-corrected chi connectivity index (χ0v) is 13.3. The highest BCUT2D eigenvalue weighted by Gasteiger charge is 2.14. The predicted octanol–water partition coefficient (Wildman–Crippen LogP) is 2.76. The summed E-state index contributed by atoms with van der Waals surface area (Å²) in [6.45, 7) is 6.45. The molecule has 0 saturated carbocycles. The fraction of sp³-hybridized carbons (Fsp3) is 0.500. The third-order valence-electron chi connectivity index (χ3n) is 2.81. The maximum atomic E-state index is 12.0. The van der Waals surface area contributed by atoms with E-state index in [1.807, 2.05) is 13.8 Å². The van der Waals surface area contributed by atoms with Crippen LogP contribution in [0.5, 0.6) is 0 Å². The van der Waals surface area contributed by atoms with Gasteiger partial charge in [-0.3, -0.25) is 9.59 Å². The molecule has 0 spiro atoms. The van der Waals surface area contributed by atoms with Crippen molar-refractivity contribution in [2.45, 2.75) is 39.9 Å². The standard InChI is InChI=1S/C16H24N2O4/c1-4-14(19)17-12-8-7-9-13(10-12)18-15(20)11-16(21-5-2)22-6-3/h7-10,16H,4-6,11H2,1-3H3,(H,17,19)(H,18,20). The van der Waals surface area contributed by atoms with Gasteiger partial charge >= 0.3 is 0 Å². The largest absolute Gasteiger partial charge is 0.352 e. The molecule has 0 aliphatic rings. The minimum absolute atomic E-state index is 0.0729. The summed E-state index contributed by atoms with van der Waals surface area (Å²) in [7, 11) is 0. The number of hydrogen-bond donors (Lipinski definition) is 2. The quantitative estimate of drug-likeness (QED) is 0.688. The molecular formula is C16H24N2O4. The van der Waals surface area contributed by atoms with Gasteiger partial charge < -0.3 is 20.1 Å². The molecule has 0 aromatic heterocycles. The molecule has 0 heterocycles. The molecule has 0 saturated heterocycles. The first-order chi connectivity index (χ1) is 10.6. The lowest BCUT2D eigenvalue weighted by molar-refractivity contribution is -0.150. The van der Waals surface area contributed by atoms with Crippen LogP contribution in [0.3, 0.4) is 0 Å². The van der Waals surface area contributed by atoms with Crippen molar-refractivity contribution >= 4 is 23.2 Å². The van der Waals surface area contributed by atoms with Gasteiger partial charge in [0.05, 0.1) is 6.42 Å². The first-order valence-electron chi connectivity index (χ1n) is 7.52. The van der Waals surface area contributed by atoms with E-state index in [-0.39, 0.29) is 18.2 Å². The highest BCUT2D eigenvalue weighted by Crippen LogP contribution is 2.16. The summed E-state index contributed by atoms with van der Waals surface area (Å²) in [5.74, 6) is -0.276. The molecule has 0 radical (unpaired) electrons. The normalized spacial score (nSPS) is 10.5. The first-order valence-corrected chi connectivity index (χ1v) is 7.52. The molecule has 1 rings (SSSR count). The average molecular weight is 308 g/mol. The second-order valence-corrected chi connectivity index (χ2v) is 4.58. The summed E-state index contributed by atoms with van der Waals surface area (Å²) in [5.41, 5.74) is 1.27. The van der Waals surface area contributed by atoms with Gasteiger partial charge in [-0.05, 0) is 32.0 Å². The van der Waals surface area contributed by atoms with Crippen molar-refractivity contribution in [2.24, 2.45) is 0 Å². The van der Waals surface area contributed by atoms with Gasteiger partial charge in [0.25, 0.3) is 0 Å². The van der Waals surface area contributed by atoms with Crippen LogP contribution >= 0.6 is 0 Å². The lowest BCUT2D eigenvalue weighted by atomic mass is 10.2. The van der Waals surface area contributed by atoms with Crippen LogP contribution in [-0.2, 0) is 19.1 Å². The van der Waals surface area contributed by atoms with Gasteiger partial charge in [-0.1, -0.05) is 13.0 Å². The van der Waals surface area contributed by atoms with E-state index in [1.165, 1.54) is 0 Å². The zero-order valence-electron chi connectivity index (χ0n) is 13.3. The molecule has 1 aromatic carbocycles. The van der Waals surface area contributed by atoms with Gasteiger partial charge in [0.1, 0.15) is 0 Å². The SMILES string of the molecule is CCOC(CC(=O)Nc1cccc(NC(=O)CC)c1)OCC. The molecule has 1 aromatic rings. The molecule has 2 amide bonds. The Morgan fingerprint density at radius 3 is 2.05 bits per heavy atom. The topological polar surface area (TPSA) is 76.7 Å². The number of hydrogen-bond acceptors (Lipinski definition) is 4. The van der Waals surface area contributed by atoms with Gasteiger partial charge in [0.2, 0.25) is 11.8 Å². The maximum absolute atomic E-state index is 12.0. The molecule has 0 fully saturated rings. The summed E-state index contributed by atoms with van der Waals surface area (Å²) < 4.78 is 10.7. The number of amides is 2. The molecule has 0 aliphatic heterocycles. The van der Waals surface area contributed by atoms with Gasteiger partial charge in [-0.25, -0.2) is 0 Å². The van der Waals surface area contributed by atoms with Crippen molar-refractivity contribution in [3.63, 3.8) is 0 Å². The van der Waals surface area contributed by atoms with Crippen LogP contribution in [0.4, 0.5) is 11.4 Å². The fourth-order valence-electron chi connectivity index (χ4n) is 1.83. The van der Waals surface area contributed by atoms with Crippen LogP contribution in [0.1, 0.15) is 33.6 Å². The van der Waals surface area contributed by atoms with Gasteiger partial charge in [-0.2, -0.15) is 0 Å². The fourth-order valence-corrected chi connectivity index (χ4v) is 1.83. The van der Waals surface area contributed by atoms with Crippen molar-refractivity contribution in [3.05, 3.63) is 24.3 Å². The Labute approximate surface area is 131 Å². The number of ether oxygens (including phenoxy) is 2. The van der Waals surface area contributed by atoms with Crippen LogP contribution in [-0.4, -0.2) is 31.3 Å². The summed E-state index contributed by atoms with van der Waals surface area (Å²) in [4.78, 5) is 23.4. The molecule has 22 heavy (non-hydrogen) atoms. The first kappa shape index (κ1) is 18.1. The van der Waals surface area contributed by atoms with Crippen molar-refractivity contribution in [1.82, 2.24) is 0 Å². The number of nitrogens with one attached hydrogen (secondary N) is 2. The van der Waals surface area contributed by atoms with Crippen molar-refractivity contribution in [3.8, 4) is 0 Å². The average Bonchev–Trinajstić information content (AvgIpc) is 2.47. The minimum Gasteiger partial charge on any atom is -0.352 e. The van der Waals surface area contributed by atoms with Crippen LogP contribution in [0.15, 0.2) is 24.3 Å². The third kappa shape index (κ3) is 6.69. The second kappa shape index (κ2) is 9.92. The maximum Gasteiger partial charge on any atom is 0.229 e. The third-order valence-corrected chi connectivity index (χ3v) is 2.81. The van der Waals surface area contributed by atoms with Gasteiger partial charge in [-0.15, -0.1) is 0 Å². The Kier molecular flexibility index (Phi) is 8.17. The lowest BCUT2D eigenvalue weighted by Crippen LogP contribution is -2.25. The summed E-state index contributed by atoms with van der Waals surface area (Å²) in [6.07, 6.45) is -0.0215. The number of carbonyl (C=O) groups is 2. The van der Waals surface area contributed by atoms with E-state index in [2.05, 4.69) is 10.6 Å². The lowest BCUT2D eigenvalue weighted by Gasteiger charge is -2.16. The molecule has 122 valence electrons. The summed E-state index contributed by atoms with van der Waals surface area (Å²) in [6, 6.07) is 7.01. The molecule has 6 nitrogen and oxygen atoms in total. The minimum atomic E-state index is -0.544. The Hall–Kier alpha value is -1.92. The Morgan fingerprint density at radius 2 is 1.55 bits per heavy atom. The van der Waals surface area contributed by atoms with E-state index in [0.29, 0.717) is 31.0 Å². The molecule has 2 N–H and O–H groups in total. The van der Waals surface area contributed by atoms with Crippen LogP contribution in [0.25, 0.3) is 0 Å². The Morgan fingerprint density at radius 1 is 1.00 bits per heavy atom. The van der Waals surface area contributed by atoms with E-state index in [0.717, 1.165) is 0 Å². The van der Waals surface area contributed by atoms with E-state index in [1.54, 1.807) is 31.2 Å². The second-order valence-electron chi connectivity index (χ2n) is 4.58. The van der Waals surface area contributed by atoms with E-state index in [9.17, 15) is 9.59 Å². The number of benzene rings is 1.